The first kappa shape index (κ1) is 13.5. The van der Waals surface area contributed by atoms with Crippen LogP contribution in [0.5, 0.6) is 0 Å². The summed E-state index contributed by atoms with van der Waals surface area (Å²) in [4.78, 5) is 13.5. The summed E-state index contributed by atoms with van der Waals surface area (Å²) in [6.45, 7) is 4.61. The number of hydrogen-bond donors (Lipinski definition) is 0. The van der Waals surface area contributed by atoms with Crippen LogP contribution in [-0.4, -0.2) is 22.2 Å². The Morgan fingerprint density at radius 3 is 2.69 bits per heavy atom. The quantitative estimate of drug-likeness (QED) is 0.780. The van der Waals surface area contributed by atoms with E-state index in [9.17, 15) is 4.79 Å². The van der Waals surface area contributed by atoms with E-state index >= 15 is 0 Å². The molecule has 0 aliphatic heterocycles. The smallest absolute Gasteiger partial charge is 0.233 e. The first-order valence-electron chi connectivity index (χ1n) is 5.14. The molecule has 0 aliphatic rings. The van der Waals surface area contributed by atoms with E-state index in [2.05, 4.69) is 15.9 Å². The lowest BCUT2D eigenvalue weighted by molar-refractivity contribution is -0.130. The average Bonchev–Trinajstić information content (AvgIpc) is 2.24. The molecule has 0 saturated carbocycles. The first-order chi connectivity index (χ1) is 7.54. The minimum Gasteiger partial charge on any atom is -0.335 e. The topological polar surface area (TPSA) is 20.3 Å². The van der Waals surface area contributed by atoms with Crippen molar-refractivity contribution in [3.63, 3.8) is 0 Å². The second-order valence-electron chi connectivity index (χ2n) is 3.88. The molecule has 1 rings (SSSR count). The van der Waals surface area contributed by atoms with Crippen molar-refractivity contribution in [3.05, 3.63) is 34.9 Å². The summed E-state index contributed by atoms with van der Waals surface area (Å²) >= 11 is 9.10. The zero-order valence-corrected chi connectivity index (χ0v) is 11.8. The zero-order valence-electron chi connectivity index (χ0n) is 9.41. The van der Waals surface area contributed by atoms with Gasteiger partial charge in [0, 0.05) is 17.6 Å². The van der Waals surface area contributed by atoms with Crippen molar-refractivity contribution in [2.45, 2.75) is 26.4 Å². The molecule has 0 N–H and O–H groups in total. The molecule has 0 radical (unpaired) electrons. The summed E-state index contributed by atoms with van der Waals surface area (Å²) in [6, 6.07) is 7.77. The maximum atomic E-state index is 11.7. The van der Waals surface area contributed by atoms with Crippen molar-refractivity contribution in [3.8, 4) is 0 Å². The maximum absolute atomic E-state index is 11.7. The molecule has 1 amide bonds. The molecule has 0 spiro atoms. The van der Waals surface area contributed by atoms with Crippen LogP contribution in [0.15, 0.2) is 24.3 Å². The van der Waals surface area contributed by atoms with E-state index in [0.717, 1.165) is 5.56 Å². The van der Waals surface area contributed by atoms with Gasteiger partial charge in [0.15, 0.2) is 0 Å². The number of rotatable bonds is 4. The van der Waals surface area contributed by atoms with Gasteiger partial charge in [-0.3, -0.25) is 4.79 Å². The number of carbonyl (C=O) groups is 1. The zero-order chi connectivity index (χ0) is 12.1. The SMILES string of the molecule is CC(C)N(Cc1cccc(Cl)c1)C(=O)CBr. The average molecular weight is 305 g/mol. The standard InChI is InChI=1S/C12H15BrClNO/c1-9(2)15(12(16)7-13)8-10-4-3-5-11(14)6-10/h3-6,9H,7-8H2,1-2H3. The molecule has 88 valence electrons. The molecule has 0 aromatic heterocycles. The van der Waals surface area contributed by atoms with Crippen molar-refractivity contribution >= 4 is 33.4 Å². The Hall–Kier alpha value is -0.540. The number of amides is 1. The lowest BCUT2D eigenvalue weighted by Gasteiger charge is -2.26. The molecule has 1 aromatic carbocycles. The lowest BCUT2D eigenvalue weighted by Crippen LogP contribution is -2.37. The summed E-state index contributed by atoms with van der Waals surface area (Å²) in [5, 5.41) is 1.05. The molecule has 0 saturated heterocycles. The Kier molecular flexibility index (Phi) is 5.29. The van der Waals surface area contributed by atoms with Crippen molar-refractivity contribution in [2.24, 2.45) is 0 Å². The van der Waals surface area contributed by atoms with Gasteiger partial charge < -0.3 is 4.90 Å². The Balaban J connectivity index is 2.79. The minimum atomic E-state index is 0.0926. The van der Waals surface area contributed by atoms with Gasteiger partial charge in [0.2, 0.25) is 5.91 Å². The molecule has 0 bridgehead atoms. The van der Waals surface area contributed by atoms with Gasteiger partial charge in [-0.1, -0.05) is 39.7 Å². The van der Waals surface area contributed by atoms with Crippen LogP contribution in [0.25, 0.3) is 0 Å². The molecule has 0 fully saturated rings. The van der Waals surface area contributed by atoms with Crippen LogP contribution in [0, 0.1) is 0 Å². The van der Waals surface area contributed by atoms with E-state index in [0.29, 0.717) is 16.9 Å². The van der Waals surface area contributed by atoms with Gasteiger partial charge in [-0.15, -0.1) is 0 Å². The molecule has 0 unspecified atom stereocenters. The number of benzene rings is 1. The van der Waals surface area contributed by atoms with Crippen LogP contribution in [0.2, 0.25) is 5.02 Å². The van der Waals surface area contributed by atoms with E-state index in [1.54, 1.807) is 0 Å². The van der Waals surface area contributed by atoms with Crippen LogP contribution in [-0.2, 0) is 11.3 Å². The highest BCUT2D eigenvalue weighted by molar-refractivity contribution is 9.09. The summed E-state index contributed by atoms with van der Waals surface area (Å²) in [5.74, 6) is 0.0926. The lowest BCUT2D eigenvalue weighted by atomic mass is 10.2. The van der Waals surface area contributed by atoms with Crippen molar-refractivity contribution in [1.29, 1.82) is 0 Å². The predicted octanol–water partition coefficient (Wildman–Crippen LogP) is 3.47. The minimum absolute atomic E-state index is 0.0926. The Morgan fingerprint density at radius 1 is 1.50 bits per heavy atom. The van der Waals surface area contributed by atoms with Crippen LogP contribution >= 0.6 is 27.5 Å². The fourth-order valence-corrected chi connectivity index (χ4v) is 2.00. The van der Waals surface area contributed by atoms with Crippen molar-refractivity contribution in [1.82, 2.24) is 4.90 Å². The van der Waals surface area contributed by atoms with Crippen molar-refractivity contribution in [2.75, 3.05) is 5.33 Å². The third kappa shape index (κ3) is 3.80. The van der Waals surface area contributed by atoms with E-state index in [4.69, 9.17) is 11.6 Å². The molecule has 16 heavy (non-hydrogen) atoms. The van der Waals surface area contributed by atoms with Gasteiger partial charge in [0.05, 0.1) is 5.33 Å². The van der Waals surface area contributed by atoms with E-state index in [1.807, 2.05) is 43.0 Å². The summed E-state index contributed by atoms with van der Waals surface area (Å²) in [6.07, 6.45) is 0. The van der Waals surface area contributed by atoms with Crippen molar-refractivity contribution < 1.29 is 4.79 Å². The first-order valence-corrected chi connectivity index (χ1v) is 6.64. The molecule has 0 heterocycles. The largest absolute Gasteiger partial charge is 0.335 e. The van der Waals surface area contributed by atoms with Crippen LogP contribution < -0.4 is 0 Å². The normalized spacial score (nSPS) is 10.6. The molecule has 2 nitrogen and oxygen atoms in total. The fourth-order valence-electron chi connectivity index (χ4n) is 1.47. The van der Waals surface area contributed by atoms with Gasteiger partial charge in [0.25, 0.3) is 0 Å². The molecular weight excluding hydrogens is 289 g/mol. The maximum Gasteiger partial charge on any atom is 0.233 e. The predicted molar refractivity (Wildman–Crippen MR) is 70.9 cm³/mol. The highest BCUT2D eigenvalue weighted by Crippen LogP contribution is 2.14. The molecule has 4 heteroatoms. The van der Waals surface area contributed by atoms with Crippen LogP contribution in [0.1, 0.15) is 19.4 Å². The Labute approximate surface area is 110 Å². The van der Waals surface area contributed by atoms with E-state index in [1.165, 1.54) is 0 Å². The van der Waals surface area contributed by atoms with Gasteiger partial charge in [-0.25, -0.2) is 0 Å². The fraction of sp³-hybridized carbons (Fsp3) is 0.417. The summed E-state index contributed by atoms with van der Waals surface area (Å²) < 4.78 is 0. The third-order valence-electron chi connectivity index (χ3n) is 2.30. The number of alkyl halides is 1. The van der Waals surface area contributed by atoms with Gasteiger partial charge >= 0.3 is 0 Å². The number of hydrogen-bond acceptors (Lipinski definition) is 1. The number of carbonyl (C=O) groups excluding carboxylic acids is 1. The third-order valence-corrected chi connectivity index (χ3v) is 3.01. The summed E-state index contributed by atoms with van der Waals surface area (Å²) in [5.41, 5.74) is 1.05. The number of halogens is 2. The van der Waals surface area contributed by atoms with Crippen LogP contribution in [0.3, 0.4) is 0 Å². The summed E-state index contributed by atoms with van der Waals surface area (Å²) in [7, 11) is 0. The molecule has 0 atom stereocenters. The molecule has 1 aromatic rings. The van der Waals surface area contributed by atoms with Crippen LogP contribution in [0.4, 0.5) is 0 Å². The number of nitrogens with zero attached hydrogens (tertiary/aromatic N) is 1. The van der Waals surface area contributed by atoms with Gasteiger partial charge in [0.1, 0.15) is 0 Å². The van der Waals surface area contributed by atoms with E-state index < -0.39 is 0 Å². The monoisotopic (exact) mass is 303 g/mol. The van der Waals surface area contributed by atoms with Gasteiger partial charge in [-0.2, -0.15) is 0 Å². The second kappa shape index (κ2) is 6.26. The molecular formula is C12H15BrClNO. The molecule has 0 aliphatic carbocycles. The van der Waals surface area contributed by atoms with Gasteiger partial charge in [-0.05, 0) is 31.5 Å². The van der Waals surface area contributed by atoms with E-state index in [-0.39, 0.29) is 11.9 Å². The second-order valence-corrected chi connectivity index (χ2v) is 4.88. The Morgan fingerprint density at radius 2 is 2.19 bits per heavy atom. The highest BCUT2D eigenvalue weighted by Gasteiger charge is 2.15. The highest BCUT2D eigenvalue weighted by atomic mass is 79.9. The Bertz CT molecular complexity index is 368.